The van der Waals surface area contributed by atoms with E-state index in [0.29, 0.717) is 36.1 Å². The molecule has 2 atom stereocenters. The third kappa shape index (κ3) is 6.19. The minimum absolute atomic E-state index is 0.105. The second-order valence-electron chi connectivity index (χ2n) is 11.3. The van der Waals surface area contributed by atoms with Gasteiger partial charge in [0.1, 0.15) is 12.4 Å². The molecule has 210 valence electrons. The topological polar surface area (TPSA) is 75.6 Å². The number of carbonyl (C=O) groups is 2. The normalized spacial score (nSPS) is 18.4. The van der Waals surface area contributed by atoms with Crippen LogP contribution in [0.4, 0.5) is 0 Å². The van der Waals surface area contributed by atoms with Gasteiger partial charge >= 0.3 is 5.97 Å². The Bertz CT molecular complexity index is 1580. The third-order valence-electron chi connectivity index (χ3n) is 8.51. The molecule has 0 bridgehead atoms. The minimum Gasteiger partial charge on any atom is -0.492 e. The fourth-order valence-corrected chi connectivity index (χ4v) is 5.84. The number of hydrogen-bond acceptors (Lipinski definition) is 3. The van der Waals surface area contributed by atoms with E-state index in [1.54, 1.807) is 12.1 Å². The number of ether oxygens (including phenoxy) is 1. The van der Waals surface area contributed by atoms with E-state index in [0.717, 1.165) is 40.9 Å². The van der Waals surface area contributed by atoms with Crippen molar-refractivity contribution in [3.05, 3.63) is 124 Å². The van der Waals surface area contributed by atoms with Gasteiger partial charge in [0, 0.05) is 5.56 Å². The van der Waals surface area contributed by atoms with E-state index >= 15 is 0 Å². The number of rotatable bonds is 7. The summed E-state index contributed by atoms with van der Waals surface area (Å²) in [5.74, 6) is 0.443. The molecule has 0 saturated heterocycles. The van der Waals surface area contributed by atoms with Crippen molar-refractivity contribution in [2.45, 2.75) is 46.5 Å². The maximum atomic E-state index is 13.0. The van der Waals surface area contributed by atoms with E-state index in [1.807, 2.05) is 55.5 Å². The Balaban J connectivity index is 1.33. The second kappa shape index (κ2) is 12.0. The molecule has 0 radical (unpaired) electrons. The van der Waals surface area contributed by atoms with Crippen LogP contribution in [0, 0.1) is 5.92 Å². The molecule has 1 aliphatic heterocycles. The summed E-state index contributed by atoms with van der Waals surface area (Å²) in [6.45, 7) is 9.60. The fourth-order valence-electron chi connectivity index (χ4n) is 5.84. The molecule has 0 fully saturated rings. The number of nitrogens with one attached hydrogen (secondary N) is 1. The third-order valence-corrected chi connectivity index (χ3v) is 8.51. The monoisotopic (exact) mass is 547 g/mol. The molecule has 0 aromatic heterocycles. The Hall–Kier alpha value is -4.38. The molecule has 0 saturated carbocycles. The Morgan fingerprint density at radius 3 is 2.41 bits per heavy atom. The predicted molar refractivity (Wildman–Crippen MR) is 164 cm³/mol. The zero-order chi connectivity index (χ0) is 29.1. The van der Waals surface area contributed by atoms with Crippen LogP contribution in [-0.4, -0.2) is 30.1 Å². The molecule has 5 rings (SSSR count). The Labute approximate surface area is 242 Å². The van der Waals surface area contributed by atoms with Gasteiger partial charge in [0.15, 0.2) is 0 Å². The van der Waals surface area contributed by atoms with Crippen molar-refractivity contribution in [2.24, 2.45) is 5.92 Å². The van der Waals surface area contributed by atoms with Crippen molar-refractivity contribution in [1.82, 2.24) is 5.32 Å². The number of fused-ring (bicyclic) bond motifs is 1. The highest BCUT2D eigenvalue weighted by Gasteiger charge is 2.27. The molecule has 3 aromatic carbocycles. The van der Waals surface area contributed by atoms with Crippen molar-refractivity contribution in [3.8, 4) is 11.1 Å². The van der Waals surface area contributed by atoms with E-state index in [2.05, 4.69) is 44.3 Å². The largest absolute Gasteiger partial charge is 0.492 e. The van der Waals surface area contributed by atoms with E-state index < -0.39 is 5.97 Å². The molecular formula is C36H37NO4. The first-order valence-electron chi connectivity index (χ1n) is 14.2. The molecule has 2 unspecified atom stereocenters. The Morgan fingerprint density at radius 1 is 0.951 bits per heavy atom. The second-order valence-corrected chi connectivity index (χ2v) is 11.3. The van der Waals surface area contributed by atoms with Crippen LogP contribution in [0.1, 0.15) is 77.4 Å². The van der Waals surface area contributed by atoms with Gasteiger partial charge in [-0.25, -0.2) is 4.79 Å². The summed E-state index contributed by atoms with van der Waals surface area (Å²) in [4.78, 5) is 24.7. The Kier molecular flexibility index (Phi) is 8.25. The number of benzene rings is 3. The molecule has 1 heterocycles. The number of carboxylic acid groups (broad SMARTS) is 1. The average Bonchev–Trinajstić information content (AvgIpc) is 3.07. The van der Waals surface area contributed by atoms with Gasteiger partial charge in [-0.2, -0.15) is 0 Å². The summed E-state index contributed by atoms with van der Waals surface area (Å²) in [6, 6.07) is 21.5. The summed E-state index contributed by atoms with van der Waals surface area (Å²) in [5, 5.41) is 12.6. The molecule has 3 aromatic rings. The molecule has 2 N–H and O–H groups in total. The molecule has 1 aliphatic carbocycles. The lowest BCUT2D eigenvalue weighted by atomic mass is 9.80. The highest BCUT2D eigenvalue weighted by atomic mass is 16.5. The first kappa shape index (κ1) is 28.2. The van der Waals surface area contributed by atoms with Crippen LogP contribution in [0.15, 0.2) is 95.8 Å². The lowest BCUT2D eigenvalue weighted by molar-refractivity contribution is 0.0697. The van der Waals surface area contributed by atoms with E-state index in [4.69, 9.17) is 4.74 Å². The quantitative estimate of drug-likeness (QED) is 0.316. The Morgan fingerprint density at radius 2 is 1.71 bits per heavy atom. The molecule has 5 nitrogen and oxygen atoms in total. The van der Waals surface area contributed by atoms with Gasteiger partial charge in [-0.1, -0.05) is 67.1 Å². The van der Waals surface area contributed by atoms with Crippen LogP contribution >= 0.6 is 0 Å². The molecular weight excluding hydrogens is 510 g/mol. The van der Waals surface area contributed by atoms with Crippen molar-refractivity contribution in [1.29, 1.82) is 0 Å². The fraction of sp³-hybridized carbons (Fsp3) is 0.278. The number of carboxylic acids is 1. The zero-order valence-corrected chi connectivity index (χ0v) is 24.2. The van der Waals surface area contributed by atoms with Gasteiger partial charge in [0.25, 0.3) is 5.91 Å². The standard InChI is InChI=1S/C36H37NO4/c1-22-9-15-30(41-21-22)20-37-35(38)28-14-16-31-25(4)29(17-23(2)24(3)34(31)19-28)18-26-10-12-27(13-11-26)32-7-5-6-8-33(32)36(39)40/h5-16,19,25,29H,17-18,20-21H2,1-4H3,(H,37,38)(H,39,40). The van der Waals surface area contributed by atoms with Gasteiger partial charge in [-0.15, -0.1) is 0 Å². The zero-order valence-electron chi connectivity index (χ0n) is 24.2. The first-order valence-corrected chi connectivity index (χ1v) is 14.2. The number of carbonyl (C=O) groups excluding carboxylic acids is 1. The van der Waals surface area contributed by atoms with Crippen molar-refractivity contribution in [3.63, 3.8) is 0 Å². The SMILES string of the molecule is CC1=CC=C(CNC(=O)c2ccc3c(c2)C(C)=C(C)CC(Cc2ccc(-c4ccccc4C(=O)O)cc2)C3C)OC1. The molecule has 5 heteroatoms. The number of aromatic carboxylic acids is 1. The molecule has 0 spiro atoms. The van der Waals surface area contributed by atoms with Crippen LogP contribution in [0.3, 0.4) is 0 Å². The van der Waals surface area contributed by atoms with Crippen LogP contribution in [0.25, 0.3) is 16.7 Å². The summed E-state index contributed by atoms with van der Waals surface area (Å²) < 4.78 is 5.68. The van der Waals surface area contributed by atoms with Crippen LogP contribution in [0.2, 0.25) is 0 Å². The lowest BCUT2D eigenvalue weighted by Gasteiger charge is -2.24. The minimum atomic E-state index is -0.919. The van der Waals surface area contributed by atoms with Crippen LogP contribution in [-0.2, 0) is 11.2 Å². The summed E-state index contributed by atoms with van der Waals surface area (Å²) in [5.41, 5.74) is 9.99. The maximum absolute atomic E-state index is 13.0. The van der Waals surface area contributed by atoms with Gasteiger partial charge in [-0.05, 0) is 109 Å². The number of amides is 1. The number of allylic oxidation sites excluding steroid dienone is 4. The molecule has 1 amide bonds. The van der Waals surface area contributed by atoms with Crippen LogP contribution < -0.4 is 5.32 Å². The van der Waals surface area contributed by atoms with Gasteiger partial charge in [-0.3, -0.25) is 4.79 Å². The number of hydrogen-bond donors (Lipinski definition) is 2. The van der Waals surface area contributed by atoms with Crippen molar-refractivity contribution >= 4 is 17.4 Å². The van der Waals surface area contributed by atoms with E-state index in [1.165, 1.54) is 22.3 Å². The summed E-state index contributed by atoms with van der Waals surface area (Å²) >= 11 is 0. The van der Waals surface area contributed by atoms with E-state index in [-0.39, 0.29) is 5.91 Å². The van der Waals surface area contributed by atoms with Gasteiger partial charge in [0.05, 0.1) is 12.1 Å². The molecule has 41 heavy (non-hydrogen) atoms. The molecule has 2 aliphatic rings. The highest BCUT2D eigenvalue weighted by Crippen LogP contribution is 2.41. The van der Waals surface area contributed by atoms with E-state index in [9.17, 15) is 14.7 Å². The lowest BCUT2D eigenvalue weighted by Crippen LogP contribution is -2.27. The maximum Gasteiger partial charge on any atom is 0.336 e. The summed E-state index contributed by atoms with van der Waals surface area (Å²) in [7, 11) is 0. The highest BCUT2D eigenvalue weighted by molar-refractivity contribution is 5.96. The van der Waals surface area contributed by atoms with Crippen molar-refractivity contribution in [2.75, 3.05) is 13.2 Å². The average molecular weight is 548 g/mol. The van der Waals surface area contributed by atoms with Gasteiger partial charge in [0.2, 0.25) is 0 Å². The van der Waals surface area contributed by atoms with Gasteiger partial charge < -0.3 is 15.2 Å². The predicted octanol–water partition coefficient (Wildman–Crippen LogP) is 7.80. The van der Waals surface area contributed by atoms with Crippen molar-refractivity contribution < 1.29 is 19.4 Å². The summed E-state index contributed by atoms with van der Waals surface area (Å²) in [6.07, 6.45) is 5.83. The van der Waals surface area contributed by atoms with Crippen LogP contribution in [0.5, 0.6) is 0 Å². The smallest absolute Gasteiger partial charge is 0.336 e. The first-order chi connectivity index (χ1) is 19.7.